The number of benzene rings is 2. The molecule has 0 fully saturated rings. The number of aryl methyl sites for hydroxylation is 1. The van der Waals surface area contributed by atoms with Crippen molar-refractivity contribution in [1.82, 2.24) is 0 Å². The monoisotopic (exact) mass is 304 g/mol. The van der Waals surface area contributed by atoms with Crippen molar-refractivity contribution in [1.29, 1.82) is 0 Å². The summed E-state index contributed by atoms with van der Waals surface area (Å²) in [5, 5.41) is 0.492. The van der Waals surface area contributed by atoms with Crippen molar-refractivity contribution >= 4 is 28.9 Å². The zero-order valence-electron chi connectivity index (χ0n) is 11.3. The Hall–Kier alpha value is -2.07. The summed E-state index contributed by atoms with van der Waals surface area (Å²) >= 11 is 5.90. The molecule has 0 radical (unpaired) electrons. The summed E-state index contributed by atoms with van der Waals surface area (Å²) in [5.74, 6) is -0.249. The van der Waals surface area contributed by atoms with Gasteiger partial charge in [-0.2, -0.15) is 0 Å². The average Bonchev–Trinajstić information content (AvgIpc) is 2.46. The van der Waals surface area contributed by atoms with E-state index in [4.69, 9.17) is 17.3 Å². The number of nitrogens with zero attached hydrogens (tertiary/aromatic N) is 1. The molecule has 0 unspecified atom stereocenters. The van der Waals surface area contributed by atoms with Crippen molar-refractivity contribution in [2.24, 2.45) is 0 Å². The van der Waals surface area contributed by atoms with E-state index in [9.17, 15) is 9.18 Å². The van der Waals surface area contributed by atoms with Crippen LogP contribution in [0.2, 0.25) is 5.02 Å². The number of carbonyl (C=O) groups excluding carboxylic acids is 1. The molecule has 0 spiro atoms. The fourth-order valence-electron chi connectivity index (χ4n) is 2.58. The molecule has 2 aromatic rings. The van der Waals surface area contributed by atoms with Gasteiger partial charge in [-0.15, -0.1) is 0 Å². The minimum absolute atomic E-state index is 0.0302. The van der Waals surface area contributed by atoms with E-state index in [0.29, 0.717) is 30.1 Å². The van der Waals surface area contributed by atoms with Gasteiger partial charge in [-0.3, -0.25) is 4.79 Å². The number of hydrogen-bond acceptors (Lipinski definition) is 2. The van der Waals surface area contributed by atoms with Gasteiger partial charge in [0, 0.05) is 12.1 Å². The van der Waals surface area contributed by atoms with Crippen molar-refractivity contribution in [3.05, 3.63) is 58.4 Å². The van der Waals surface area contributed by atoms with E-state index >= 15 is 0 Å². The summed E-state index contributed by atoms with van der Waals surface area (Å²) in [5.41, 5.74) is 8.79. The van der Waals surface area contributed by atoms with E-state index in [-0.39, 0.29) is 11.7 Å². The van der Waals surface area contributed by atoms with Crippen LogP contribution in [0.3, 0.4) is 0 Å². The number of rotatable bonds is 2. The van der Waals surface area contributed by atoms with Crippen LogP contribution in [-0.4, -0.2) is 5.91 Å². The normalized spacial score (nSPS) is 14.2. The van der Waals surface area contributed by atoms with Crippen LogP contribution in [0.15, 0.2) is 36.4 Å². The largest absolute Gasteiger partial charge is 0.398 e. The average molecular weight is 305 g/mol. The number of nitrogens with two attached hydrogens (primary N) is 1. The van der Waals surface area contributed by atoms with Gasteiger partial charge in [0.1, 0.15) is 5.82 Å². The van der Waals surface area contributed by atoms with Gasteiger partial charge in [0.25, 0.3) is 0 Å². The first-order valence-electron chi connectivity index (χ1n) is 6.67. The molecule has 0 aromatic heterocycles. The lowest BCUT2D eigenvalue weighted by Gasteiger charge is -2.29. The minimum Gasteiger partial charge on any atom is -0.398 e. The molecule has 1 amide bonds. The SMILES string of the molecule is Nc1cc(CN2C(=O)CCc3cc(F)ccc32)ccc1Cl. The van der Waals surface area contributed by atoms with Crippen LogP contribution in [0, 0.1) is 5.82 Å². The van der Waals surface area contributed by atoms with Gasteiger partial charge in [-0.1, -0.05) is 17.7 Å². The summed E-state index contributed by atoms with van der Waals surface area (Å²) < 4.78 is 13.3. The molecule has 3 nitrogen and oxygen atoms in total. The van der Waals surface area contributed by atoms with Gasteiger partial charge in [0.2, 0.25) is 5.91 Å². The number of hydrogen-bond donors (Lipinski definition) is 1. The summed E-state index contributed by atoms with van der Waals surface area (Å²) in [4.78, 5) is 13.8. The Balaban J connectivity index is 1.94. The summed E-state index contributed by atoms with van der Waals surface area (Å²) in [6, 6.07) is 9.83. The minimum atomic E-state index is -0.279. The van der Waals surface area contributed by atoms with Crippen LogP contribution in [0.1, 0.15) is 17.5 Å². The Bertz CT molecular complexity index is 717. The van der Waals surface area contributed by atoms with Crippen LogP contribution in [0.5, 0.6) is 0 Å². The van der Waals surface area contributed by atoms with E-state index < -0.39 is 0 Å². The smallest absolute Gasteiger partial charge is 0.227 e. The predicted octanol–water partition coefficient (Wildman–Crippen LogP) is 3.54. The van der Waals surface area contributed by atoms with Gasteiger partial charge < -0.3 is 10.6 Å². The number of amides is 1. The van der Waals surface area contributed by atoms with E-state index in [1.807, 2.05) is 6.07 Å². The van der Waals surface area contributed by atoms with Crippen molar-refractivity contribution in [3.63, 3.8) is 0 Å². The molecule has 1 aliphatic rings. The third-order valence-electron chi connectivity index (χ3n) is 3.64. The first-order chi connectivity index (χ1) is 10.0. The van der Waals surface area contributed by atoms with Crippen molar-refractivity contribution < 1.29 is 9.18 Å². The Morgan fingerprint density at radius 1 is 1.19 bits per heavy atom. The lowest BCUT2D eigenvalue weighted by Crippen LogP contribution is -2.34. The lowest BCUT2D eigenvalue weighted by molar-refractivity contribution is -0.119. The highest BCUT2D eigenvalue weighted by atomic mass is 35.5. The van der Waals surface area contributed by atoms with E-state index in [2.05, 4.69) is 0 Å². The molecule has 2 N–H and O–H groups in total. The van der Waals surface area contributed by atoms with Gasteiger partial charge in [-0.05, 0) is 47.9 Å². The summed E-state index contributed by atoms with van der Waals surface area (Å²) in [6.07, 6.45) is 0.963. The molecule has 21 heavy (non-hydrogen) atoms. The maximum Gasteiger partial charge on any atom is 0.227 e. The Morgan fingerprint density at radius 3 is 2.76 bits per heavy atom. The second-order valence-corrected chi connectivity index (χ2v) is 5.52. The van der Waals surface area contributed by atoms with Crippen LogP contribution in [0.4, 0.5) is 15.8 Å². The highest BCUT2D eigenvalue weighted by Gasteiger charge is 2.24. The number of fused-ring (bicyclic) bond motifs is 1. The molecule has 0 saturated carbocycles. The Kier molecular flexibility index (Phi) is 3.55. The lowest BCUT2D eigenvalue weighted by atomic mass is 10.00. The molecular formula is C16H14ClFN2O. The maximum atomic E-state index is 13.3. The Morgan fingerprint density at radius 2 is 2.00 bits per heavy atom. The van der Waals surface area contributed by atoms with Crippen LogP contribution in [0.25, 0.3) is 0 Å². The van der Waals surface area contributed by atoms with Gasteiger partial charge in [0.05, 0.1) is 17.3 Å². The first-order valence-corrected chi connectivity index (χ1v) is 7.05. The number of nitrogen functional groups attached to an aromatic ring is 1. The van der Waals surface area contributed by atoms with E-state index in [1.54, 1.807) is 23.1 Å². The van der Waals surface area contributed by atoms with Crippen LogP contribution in [-0.2, 0) is 17.8 Å². The van der Waals surface area contributed by atoms with Crippen LogP contribution >= 0.6 is 11.6 Å². The number of carbonyl (C=O) groups is 1. The van der Waals surface area contributed by atoms with Crippen molar-refractivity contribution in [2.45, 2.75) is 19.4 Å². The second kappa shape index (κ2) is 5.37. The quantitative estimate of drug-likeness (QED) is 0.863. The fourth-order valence-corrected chi connectivity index (χ4v) is 2.69. The molecule has 108 valence electrons. The third kappa shape index (κ3) is 2.72. The number of anilines is 2. The highest BCUT2D eigenvalue weighted by molar-refractivity contribution is 6.33. The predicted molar refractivity (Wildman–Crippen MR) is 81.8 cm³/mol. The molecule has 0 aliphatic carbocycles. The van der Waals surface area contributed by atoms with Gasteiger partial charge >= 0.3 is 0 Å². The summed E-state index contributed by atoms with van der Waals surface area (Å²) in [7, 11) is 0. The second-order valence-electron chi connectivity index (χ2n) is 5.11. The van der Waals surface area contributed by atoms with Crippen molar-refractivity contribution in [2.75, 3.05) is 10.6 Å². The highest BCUT2D eigenvalue weighted by Crippen LogP contribution is 2.30. The van der Waals surface area contributed by atoms with E-state index in [1.165, 1.54) is 12.1 Å². The number of halogens is 2. The standard InChI is InChI=1S/C16H14ClFN2O/c17-13-4-1-10(7-14(13)19)9-20-15-5-3-12(18)8-11(15)2-6-16(20)21/h1,3-5,7-8H,2,6,9,19H2. The van der Waals surface area contributed by atoms with E-state index in [0.717, 1.165) is 16.8 Å². The van der Waals surface area contributed by atoms with Gasteiger partial charge in [0.15, 0.2) is 0 Å². The molecule has 0 atom stereocenters. The molecule has 2 aromatic carbocycles. The molecular weight excluding hydrogens is 291 g/mol. The molecule has 0 bridgehead atoms. The third-order valence-corrected chi connectivity index (χ3v) is 3.99. The zero-order chi connectivity index (χ0) is 15.0. The molecule has 3 rings (SSSR count). The van der Waals surface area contributed by atoms with Gasteiger partial charge in [-0.25, -0.2) is 4.39 Å². The Labute approximate surface area is 127 Å². The molecule has 0 saturated heterocycles. The maximum absolute atomic E-state index is 13.3. The topological polar surface area (TPSA) is 46.3 Å². The molecule has 1 aliphatic heterocycles. The zero-order valence-corrected chi connectivity index (χ0v) is 12.0. The molecule has 5 heteroatoms. The molecule has 1 heterocycles. The van der Waals surface area contributed by atoms with Crippen molar-refractivity contribution in [3.8, 4) is 0 Å². The van der Waals surface area contributed by atoms with Crippen LogP contribution < -0.4 is 10.6 Å². The fraction of sp³-hybridized carbons (Fsp3) is 0.188. The summed E-state index contributed by atoms with van der Waals surface area (Å²) in [6.45, 7) is 0.402. The first kappa shape index (κ1) is 13.9.